The van der Waals surface area contributed by atoms with Crippen molar-refractivity contribution < 1.29 is 14.3 Å². The Balaban J connectivity index is 1.71. The molecule has 1 aromatic carbocycles. The third-order valence-corrected chi connectivity index (χ3v) is 3.63. The second-order valence-electron chi connectivity index (χ2n) is 5.10. The smallest absolute Gasteiger partial charge is 0.226 e. The van der Waals surface area contributed by atoms with Crippen LogP contribution in [-0.2, 0) is 11.2 Å². The van der Waals surface area contributed by atoms with E-state index in [1.807, 2.05) is 23.1 Å². The summed E-state index contributed by atoms with van der Waals surface area (Å²) in [5.74, 6) is 1.77. The maximum Gasteiger partial charge on any atom is 0.226 e. The molecule has 4 nitrogen and oxygen atoms in total. The summed E-state index contributed by atoms with van der Waals surface area (Å²) in [6, 6.07) is 5.81. The van der Waals surface area contributed by atoms with Gasteiger partial charge < -0.3 is 14.4 Å². The standard InChI is InChI=1S/C15H19NO3/c17-15(16-6-1-2-7-16)11-12-4-5-13-14(10-12)19-9-3-8-18-13/h4-5,10H,1-3,6-9,11H2. The minimum Gasteiger partial charge on any atom is -0.490 e. The molecule has 1 aromatic rings. The number of carbonyl (C=O) groups excluding carboxylic acids is 1. The molecule has 102 valence electrons. The topological polar surface area (TPSA) is 38.8 Å². The van der Waals surface area contributed by atoms with Crippen molar-refractivity contribution in [2.45, 2.75) is 25.7 Å². The highest BCUT2D eigenvalue weighted by Crippen LogP contribution is 2.30. The van der Waals surface area contributed by atoms with Crippen molar-refractivity contribution in [1.82, 2.24) is 4.90 Å². The molecule has 2 aliphatic heterocycles. The van der Waals surface area contributed by atoms with Crippen LogP contribution in [0.4, 0.5) is 0 Å². The molecule has 4 heteroatoms. The van der Waals surface area contributed by atoms with Gasteiger partial charge in [0.15, 0.2) is 11.5 Å². The minimum absolute atomic E-state index is 0.215. The second kappa shape index (κ2) is 5.51. The number of fused-ring (bicyclic) bond motifs is 1. The fourth-order valence-electron chi connectivity index (χ4n) is 2.57. The highest BCUT2D eigenvalue weighted by atomic mass is 16.5. The van der Waals surface area contributed by atoms with E-state index in [9.17, 15) is 4.79 Å². The Labute approximate surface area is 113 Å². The fraction of sp³-hybridized carbons (Fsp3) is 0.533. The maximum atomic E-state index is 12.1. The Hall–Kier alpha value is -1.71. The Kier molecular flexibility index (Phi) is 3.58. The van der Waals surface area contributed by atoms with Gasteiger partial charge in [0.2, 0.25) is 5.91 Å². The number of likely N-dealkylation sites (tertiary alicyclic amines) is 1. The molecule has 2 heterocycles. The first-order chi connectivity index (χ1) is 9.33. The van der Waals surface area contributed by atoms with Gasteiger partial charge >= 0.3 is 0 Å². The first-order valence-electron chi connectivity index (χ1n) is 6.99. The summed E-state index contributed by atoms with van der Waals surface area (Å²) in [4.78, 5) is 14.1. The Morgan fingerprint density at radius 3 is 2.58 bits per heavy atom. The van der Waals surface area contributed by atoms with Crippen LogP contribution < -0.4 is 9.47 Å². The molecule has 0 aliphatic carbocycles. The first-order valence-corrected chi connectivity index (χ1v) is 6.99. The molecule has 1 fully saturated rings. The van der Waals surface area contributed by atoms with Gasteiger partial charge in [-0.05, 0) is 30.5 Å². The molecule has 0 N–H and O–H groups in total. The van der Waals surface area contributed by atoms with Crippen molar-refractivity contribution >= 4 is 5.91 Å². The van der Waals surface area contributed by atoms with E-state index >= 15 is 0 Å². The fourth-order valence-corrected chi connectivity index (χ4v) is 2.57. The predicted octanol–water partition coefficient (Wildman–Crippen LogP) is 2.01. The molecule has 0 spiro atoms. The van der Waals surface area contributed by atoms with Crippen molar-refractivity contribution in [2.24, 2.45) is 0 Å². The second-order valence-corrected chi connectivity index (χ2v) is 5.10. The lowest BCUT2D eigenvalue weighted by Gasteiger charge is -2.15. The molecule has 1 amide bonds. The van der Waals surface area contributed by atoms with Crippen LogP contribution in [0.5, 0.6) is 11.5 Å². The van der Waals surface area contributed by atoms with Crippen LogP contribution in [0.2, 0.25) is 0 Å². The lowest BCUT2D eigenvalue weighted by Crippen LogP contribution is -2.29. The highest BCUT2D eigenvalue weighted by molar-refractivity contribution is 5.79. The molecule has 0 radical (unpaired) electrons. The zero-order chi connectivity index (χ0) is 13.1. The zero-order valence-corrected chi connectivity index (χ0v) is 11.1. The molecule has 3 rings (SSSR count). The quantitative estimate of drug-likeness (QED) is 0.817. The molecular formula is C15H19NO3. The minimum atomic E-state index is 0.215. The van der Waals surface area contributed by atoms with Crippen molar-refractivity contribution in [3.05, 3.63) is 23.8 Å². The maximum absolute atomic E-state index is 12.1. The van der Waals surface area contributed by atoms with E-state index in [0.717, 1.165) is 49.4 Å². The van der Waals surface area contributed by atoms with E-state index < -0.39 is 0 Å². The normalized spacial score (nSPS) is 18.2. The van der Waals surface area contributed by atoms with E-state index in [1.54, 1.807) is 0 Å². The molecule has 0 bridgehead atoms. The number of carbonyl (C=O) groups is 1. The number of nitrogens with zero attached hydrogens (tertiary/aromatic N) is 1. The zero-order valence-electron chi connectivity index (χ0n) is 11.1. The van der Waals surface area contributed by atoms with E-state index in [2.05, 4.69) is 0 Å². The van der Waals surface area contributed by atoms with E-state index in [4.69, 9.17) is 9.47 Å². The average molecular weight is 261 g/mol. The number of benzene rings is 1. The number of ether oxygens (including phenoxy) is 2. The highest BCUT2D eigenvalue weighted by Gasteiger charge is 2.19. The van der Waals surface area contributed by atoms with Gasteiger partial charge in [-0.3, -0.25) is 4.79 Å². The average Bonchev–Trinajstić information content (AvgIpc) is 2.85. The number of hydrogen-bond acceptors (Lipinski definition) is 3. The number of hydrogen-bond donors (Lipinski definition) is 0. The van der Waals surface area contributed by atoms with Crippen molar-refractivity contribution in [3.63, 3.8) is 0 Å². The van der Waals surface area contributed by atoms with Gasteiger partial charge in [-0.1, -0.05) is 6.07 Å². The summed E-state index contributed by atoms with van der Waals surface area (Å²) >= 11 is 0. The summed E-state index contributed by atoms with van der Waals surface area (Å²) in [5, 5.41) is 0. The van der Waals surface area contributed by atoms with Crippen LogP contribution in [0.25, 0.3) is 0 Å². The molecule has 2 aliphatic rings. The molecule has 19 heavy (non-hydrogen) atoms. The van der Waals surface area contributed by atoms with Gasteiger partial charge in [0.25, 0.3) is 0 Å². The van der Waals surface area contributed by atoms with Crippen LogP contribution >= 0.6 is 0 Å². The Morgan fingerprint density at radius 2 is 1.79 bits per heavy atom. The summed E-state index contributed by atoms with van der Waals surface area (Å²) < 4.78 is 11.2. The monoisotopic (exact) mass is 261 g/mol. The molecule has 0 saturated carbocycles. The predicted molar refractivity (Wildman–Crippen MR) is 71.6 cm³/mol. The van der Waals surface area contributed by atoms with Gasteiger partial charge in [-0.2, -0.15) is 0 Å². The third kappa shape index (κ3) is 2.83. The molecule has 0 aromatic heterocycles. The van der Waals surface area contributed by atoms with Crippen molar-refractivity contribution in [1.29, 1.82) is 0 Å². The number of amides is 1. The van der Waals surface area contributed by atoms with Crippen LogP contribution in [-0.4, -0.2) is 37.1 Å². The first kappa shape index (κ1) is 12.3. The van der Waals surface area contributed by atoms with E-state index in [-0.39, 0.29) is 5.91 Å². The third-order valence-electron chi connectivity index (χ3n) is 3.63. The number of rotatable bonds is 2. The summed E-state index contributed by atoms with van der Waals surface area (Å²) in [6.45, 7) is 3.18. The van der Waals surface area contributed by atoms with Gasteiger partial charge in [0, 0.05) is 19.5 Å². The molecule has 1 saturated heterocycles. The van der Waals surface area contributed by atoms with Crippen LogP contribution in [0.15, 0.2) is 18.2 Å². The van der Waals surface area contributed by atoms with Crippen LogP contribution in [0.1, 0.15) is 24.8 Å². The summed E-state index contributed by atoms with van der Waals surface area (Å²) in [6.07, 6.45) is 3.62. The van der Waals surface area contributed by atoms with Crippen LogP contribution in [0, 0.1) is 0 Å². The lowest BCUT2D eigenvalue weighted by molar-refractivity contribution is -0.129. The van der Waals surface area contributed by atoms with Gasteiger partial charge in [-0.15, -0.1) is 0 Å². The molecule has 0 atom stereocenters. The van der Waals surface area contributed by atoms with Crippen molar-refractivity contribution in [2.75, 3.05) is 26.3 Å². The van der Waals surface area contributed by atoms with E-state index in [0.29, 0.717) is 19.6 Å². The lowest BCUT2D eigenvalue weighted by atomic mass is 10.1. The van der Waals surface area contributed by atoms with Crippen molar-refractivity contribution in [3.8, 4) is 11.5 Å². The SMILES string of the molecule is O=C(Cc1ccc2c(c1)OCCCO2)N1CCCC1. The summed E-state index contributed by atoms with van der Waals surface area (Å²) in [7, 11) is 0. The Bertz CT molecular complexity index is 466. The van der Waals surface area contributed by atoms with Gasteiger partial charge in [0.1, 0.15) is 0 Å². The molecule has 0 unspecified atom stereocenters. The largest absolute Gasteiger partial charge is 0.490 e. The molecular weight excluding hydrogens is 242 g/mol. The Morgan fingerprint density at radius 1 is 1.05 bits per heavy atom. The van der Waals surface area contributed by atoms with E-state index in [1.165, 1.54) is 0 Å². The van der Waals surface area contributed by atoms with Crippen LogP contribution in [0.3, 0.4) is 0 Å². The van der Waals surface area contributed by atoms with Gasteiger partial charge in [-0.25, -0.2) is 0 Å². The summed E-state index contributed by atoms with van der Waals surface area (Å²) in [5.41, 5.74) is 1.00. The van der Waals surface area contributed by atoms with Gasteiger partial charge in [0.05, 0.1) is 19.6 Å².